The fourth-order valence-electron chi connectivity index (χ4n) is 4.15. The van der Waals surface area contributed by atoms with Crippen LogP contribution in [0.15, 0.2) is 53.4 Å². The van der Waals surface area contributed by atoms with Crippen LogP contribution in [-0.4, -0.2) is 48.7 Å². The highest BCUT2D eigenvalue weighted by Crippen LogP contribution is 2.28. The first-order valence-corrected chi connectivity index (χ1v) is 12.8. The number of anilines is 1. The summed E-state index contributed by atoms with van der Waals surface area (Å²) in [6, 6.07) is 14.1. The van der Waals surface area contributed by atoms with E-state index in [1.54, 1.807) is 12.1 Å². The summed E-state index contributed by atoms with van der Waals surface area (Å²) in [5, 5.41) is 3.44. The van der Waals surface area contributed by atoms with E-state index >= 15 is 0 Å². The number of thiazole rings is 1. The van der Waals surface area contributed by atoms with E-state index in [1.807, 2.05) is 24.3 Å². The fourth-order valence-corrected chi connectivity index (χ4v) is 6.65. The van der Waals surface area contributed by atoms with Crippen molar-refractivity contribution in [2.45, 2.75) is 30.8 Å². The van der Waals surface area contributed by atoms with Crippen molar-refractivity contribution in [2.75, 3.05) is 25.5 Å². The summed E-state index contributed by atoms with van der Waals surface area (Å²) in [5.74, 6) is -0.291. The maximum absolute atomic E-state index is 13.1. The van der Waals surface area contributed by atoms with Gasteiger partial charge >= 0.3 is 0 Å². The summed E-state index contributed by atoms with van der Waals surface area (Å²) in [7, 11) is -1.56. The molecule has 7 nitrogen and oxygen atoms in total. The van der Waals surface area contributed by atoms with Crippen LogP contribution in [0, 0.1) is 0 Å². The first-order valence-electron chi connectivity index (χ1n) is 10.6. The fraction of sp³-hybridized carbons (Fsp3) is 0.304. The number of fused-ring (bicyclic) bond motifs is 2. The quantitative estimate of drug-likeness (QED) is 0.587. The maximum atomic E-state index is 13.1. The summed E-state index contributed by atoms with van der Waals surface area (Å²) < 4.78 is 27.7. The van der Waals surface area contributed by atoms with Gasteiger partial charge in [0.25, 0.3) is 5.91 Å². The van der Waals surface area contributed by atoms with Gasteiger partial charge in [0, 0.05) is 43.0 Å². The molecular formula is C23H25ClN4O3S2. The zero-order valence-electron chi connectivity index (χ0n) is 18.2. The normalized spacial score (nSPS) is 16.4. The van der Waals surface area contributed by atoms with E-state index in [1.165, 1.54) is 38.2 Å². The van der Waals surface area contributed by atoms with Crippen LogP contribution in [0.4, 0.5) is 5.13 Å². The summed E-state index contributed by atoms with van der Waals surface area (Å²) in [4.78, 5) is 20.8. The lowest BCUT2D eigenvalue weighted by Gasteiger charge is -2.28. The van der Waals surface area contributed by atoms with Crippen LogP contribution < -0.4 is 5.32 Å². The van der Waals surface area contributed by atoms with Crippen LogP contribution in [0.5, 0.6) is 0 Å². The van der Waals surface area contributed by atoms with Crippen molar-refractivity contribution in [3.63, 3.8) is 0 Å². The van der Waals surface area contributed by atoms with E-state index in [0.717, 1.165) is 30.8 Å². The molecule has 0 fully saturated rings. The molecule has 0 radical (unpaired) electrons. The second-order valence-electron chi connectivity index (χ2n) is 8.21. The molecule has 0 saturated heterocycles. The third-order valence-electron chi connectivity index (χ3n) is 5.99. The maximum Gasteiger partial charge on any atom is 0.257 e. The Balaban J connectivity index is 0.00000259. The Labute approximate surface area is 203 Å². The molecule has 10 heteroatoms. The molecule has 2 aromatic carbocycles. The number of carbonyl (C=O) groups excluding carboxylic acids is 1. The number of likely N-dealkylation sites (N-methyl/N-ethyl adjacent to an activating group) is 1. The van der Waals surface area contributed by atoms with Gasteiger partial charge in [0.1, 0.15) is 0 Å². The minimum Gasteiger partial charge on any atom is -0.301 e. The molecule has 33 heavy (non-hydrogen) atoms. The van der Waals surface area contributed by atoms with Crippen LogP contribution in [0.2, 0.25) is 0 Å². The molecule has 2 aliphatic heterocycles. The lowest BCUT2D eigenvalue weighted by atomic mass is 10.0. The third kappa shape index (κ3) is 4.83. The van der Waals surface area contributed by atoms with E-state index in [4.69, 9.17) is 0 Å². The highest BCUT2D eigenvalue weighted by Gasteiger charge is 2.28. The number of carbonyl (C=O) groups is 1. The Kier molecular flexibility index (Phi) is 6.88. The summed E-state index contributed by atoms with van der Waals surface area (Å²) >= 11 is 1.50. The number of nitrogens with one attached hydrogen (secondary N) is 1. The number of amides is 1. The van der Waals surface area contributed by atoms with Gasteiger partial charge in [0.05, 0.1) is 10.6 Å². The van der Waals surface area contributed by atoms with Crippen molar-refractivity contribution >= 4 is 44.8 Å². The van der Waals surface area contributed by atoms with Gasteiger partial charge in [0.15, 0.2) is 5.13 Å². The molecule has 0 unspecified atom stereocenters. The Morgan fingerprint density at radius 1 is 1.00 bits per heavy atom. The van der Waals surface area contributed by atoms with Crippen LogP contribution in [-0.2, 0) is 36.0 Å². The number of aromatic nitrogens is 1. The van der Waals surface area contributed by atoms with Crippen molar-refractivity contribution in [1.29, 1.82) is 0 Å². The molecule has 1 aromatic heterocycles. The Hall–Kier alpha value is -2.30. The number of halogens is 1. The van der Waals surface area contributed by atoms with Gasteiger partial charge in [-0.25, -0.2) is 13.4 Å². The molecule has 174 valence electrons. The average molecular weight is 505 g/mol. The lowest BCUT2D eigenvalue weighted by Crippen LogP contribution is -2.35. The predicted molar refractivity (Wildman–Crippen MR) is 132 cm³/mol. The van der Waals surface area contributed by atoms with Gasteiger partial charge in [-0.15, -0.1) is 23.7 Å². The average Bonchev–Trinajstić information content (AvgIpc) is 3.20. The molecule has 0 saturated carbocycles. The molecular weight excluding hydrogens is 480 g/mol. The monoisotopic (exact) mass is 504 g/mol. The first kappa shape index (κ1) is 23.8. The van der Waals surface area contributed by atoms with E-state index < -0.39 is 10.0 Å². The Morgan fingerprint density at radius 2 is 1.73 bits per heavy atom. The van der Waals surface area contributed by atoms with Crippen molar-refractivity contribution in [3.05, 3.63) is 75.8 Å². The smallest absolute Gasteiger partial charge is 0.257 e. The van der Waals surface area contributed by atoms with Crippen molar-refractivity contribution < 1.29 is 13.2 Å². The molecule has 0 aliphatic carbocycles. The van der Waals surface area contributed by atoms with Gasteiger partial charge in [-0.05, 0) is 48.9 Å². The molecule has 1 amide bonds. The van der Waals surface area contributed by atoms with Gasteiger partial charge in [0.2, 0.25) is 10.0 Å². The molecule has 3 heterocycles. The lowest BCUT2D eigenvalue weighted by molar-refractivity contribution is 0.102. The van der Waals surface area contributed by atoms with Crippen LogP contribution in [0.1, 0.15) is 32.1 Å². The van der Waals surface area contributed by atoms with Crippen LogP contribution in [0.3, 0.4) is 0 Å². The summed E-state index contributed by atoms with van der Waals surface area (Å²) in [6.07, 6.45) is 1.58. The Morgan fingerprint density at radius 3 is 2.48 bits per heavy atom. The second-order valence-corrected chi connectivity index (χ2v) is 11.2. The Bertz CT molecular complexity index is 1280. The molecule has 2 aliphatic rings. The molecule has 0 bridgehead atoms. The van der Waals surface area contributed by atoms with Crippen molar-refractivity contribution in [3.8, 4) is 0 Å². The van der Waals surface area contributed by atoms with Crippen molar-refractivity contribution in [2.24, 2.45) is 0 Å². The van der Waals surface area contributed by atoms with Gasteiger partial charge < -0.3 is 4.90 Å². The standard InChI is InChI=1S/C23H24N4O3S2.ClH/c1-26-12-11-20-21(15-26)31-23(24-20)25-22(28)17-6-8-19(9-7-17)32(29,30)27-13-10-16-4-2-3-5-18(16)14-27;/h2-9H,10-15H2,1H3,(H,24,25,28);1H. The van der Waals surface area contributed by atoms with E-state index in [9.17, 15) is 13.2 Å². The van der Waals surface area contributed by atoms with Gasteiger partial charge in [-0.1, -0.05) is 24.3 Å². The molecule has 0 atom stereocenters. The highest BCUT2D eigenvalue weighted by atomic mass is 35.5. The van der Waals surface area contributed by atoms with Gasteiger partial charge in [-0.3, -0.25) is 10.1 Å². The number of hydrogen-bond acceptors (Lipinski definition) is 6. The highest BCUT2D eigenvalue weighted by molar-refractivity contribution is 7.89. The van der Waals surface area contributed by atoms with E-state index in [0.29, 0.717) is 30.2 Å². The largest absolute Gasteiger partial charge is 0.301 e. The topological polar surface area (TPSA) is 82.6 Å². The summed E-state index contributed by atoms with van der Waals surface area (Å²) in [6.45, 7) is 2.62. The van der Waals surface area contributed by atoms with E-state index in [-0.39, 0.29) is 23.2 Å². The zero-order valence-corrected chi connectivity index (χ0v) is 20.6. The number of benzene rings is 2. The number of sulfonamides is 1. The second kappa shape index (κ2) is 9.52. The van der Waals surface area contributed by atoms with Crippen LogP contribution >= 0.6 is 23.7 Å². The predicted octanol–water partition coefficient (Wildman–Crippen LogP) is 3.55. The minimum atomic E-state index is -3.63. The molecule has 5 rings (SSSR count). The SMILES string of the molecule is CN1CCc2nc(NC(=O)c3ccc(S(=O)(=O)N4CCc5ccccc5C4)cc3)sc2C1.Cl. The first-order chi connectivity index (χ1) is 15.4. The number of nitrogens with zero attached hydrogens (tertiary/aromatic N) is 3. The summed E-state index contributed by atoms with van der Waals surface area (Å²) in [5.41, 5.74) is 3.68. The van der Waals surface area contributed by atoms with E-state index in [2.05, 4.69) is 22.2 Å². The molecule has 0 spiro atoms. The van der Waals surface area contributed by atoms with Gasteiger partial charge in [-0.2, -0.15) is 4.31 Å². The molecule has 3 aromatic rings. The zero-order chi connectivity index (χ0) is 22.3. The third-order valence-corrected chi connectivity index (χ3v) is 8.85. The van der Waals surface area contributed by atoms with Crippen LogP contribution in [0.25, 0.3) is 0 Å². The molecule has 1 N–H and O–H groups in total. The minimum absolute atomic E-state index is 0. The number of hydrogen-bond donors (Lipinski definition) is 1. The van der Waals surface area contributed by atoms with Crippen molar-refractivity contribution in [1.82, 2.24) is 14.2 Å². The number of rotatable bonds is 4.